The Morgan fingerprint density at radius 1 is 0.302 bits per heavy atom. The van der Waals surface area contributed by atoms with E-state index in [9.17, 15) is 0 Å². The molecular formula is C60H40N2O. The van der Waals surface area contributed by atoms with Crippen molar-refractivity contribution in [1.82, 2.24) is 4.57 Å². The molecule has 2 heterocycles. The lowest BCUT2D eigenvalue weighted by Gasteiger charge is -2.28. The summed E-state index contributed by atoms with van der Waals surface area (Å²) in [6.07, 6.45) is 0. The number of para-hydroxylation sites is 5. The zero-order valence-corrected chi connectivity index (χ0v) is 34.4. The molecule has 296 valence electrons. The predicted molar refractivity (Wildman–Crippen MR) is 264 cm³/mol. The molecule has 2 aromatic heterocycles. The Balaban J connectivity index is 0.909. The molecule has 0 aliphatic heterocycles. The average molecular weight is 805 g/mol. The second-order valence-electron chi connectivity index (χ2n) is 16.1. The normalized spacial score (nSPS) is 11.5. The van der Waals surface area contributed by atoms with Crippen molar-refractivity contribution in [1.29, 1.82) is 0 Å². The van der Waals surface area contributed by atoms with Gasteiger partial charge in [0.1, 0.15) is 11.2 Å². The van der Waals surface area contributed by atoms with Crippen LogP contribution in [0.5, 0.6) is 0 Å². The lowest BCUT2D eigenvalue weighted by Crippen LogP contribution is -2.11. The fraction of sp³-hybridized carbons (Fsp3) is 0. The van der Waals surface area contributed by atoms with Crippen molar-refractivity contribution >= 4 is 60.8 Å². The summed E-state index contributed by atoms with van der Waals surface area (Å²) in [6, 6.07) is 87.1. The third-order valence-electron chi connectivity index (χ3n) is 12.4. The molecule has 0 saturated carbocycles. The minimum atomic E-state index is 0.908. The Hall–Kier alpha value is -8.40. The number of hydrogen-bond donors (Lipinski definition) is 0. The van der Waals surface area contributed by atoms with Crippen LogP contribution < -0.4 is 4.90 Å². The van der Waals surface area contributed by atoms with Crippen LogP contribution in [-0.2, 0) is 0 Å². The van der Waals surface area contributed by atoms with Crippen LogP contribution in [0.4, 0.5) is 17.1 Å². The first-order valence-electron chi connectivity index (χ1n) is 21.5. The molecule has 0 aliphatic rings. The highest BCUT2D eigenvalue weighted by atomic mass is 16.3. The van der Waals surface area contributed by atoms with Gasteiger partial charge in [-0.15, -0.1) is 0 Å². The summed E-state index contributed by atoms with van der Waals surface area (Å²) < 4.78 is 8.61. The van der Waals surface area contributed by atoms with Crippen molar-refractivity contribution in [2.24, 2.45) is 0 Å². The number of fused-ring (bicyclic) bond motifs is 6. The van der Waals surface area contributed by atoms with Crippen molar-refractivity contribution in [2.45, 2.75) is 0 Å². The summed E-state index contributed by atoms with van der Waals surface area (Å²) in [6.45, 7) is 0. The Morgan fingerprint density at radius 3 is 1.44 bits per heavy atom. The first-order valence-corrected chi connectivity index (χ1v) is 21.5. The summed E-state index contributed by atoms with van der Waals surface area (Å²) >= 11 is 0. The number of benzene rings is 10. The highest BCUT2D eigenvalue weighted by Crippen LogP contribution is 2.43. The average Bonchev–Trinajstić information content (AvgIpc) is 3.90. The van der Waals surface area contributed by atoms with Gasteiger partial charge in [0.05, 0.1) is 22.4 Å². The molecule has 0 saturated heterocycles. The van der Waals surface area contributed by atoms with Crippen LogP contribution >= 0.6 is 0 Å². The molecule has 0 bridgehead atoms. The molecule has 0 aliphatic carbocycles. The topological polar surface area (TPSA) is 21.3 Å². The Bertz CT molecular complexity index is 3550. The Morgan fingerprint density at radius 2 is 0.762 bits per heavy atom. The number of rotatable bonds is 8. The van der Waals surface area contributed by atoms with E-state index in [4.69, 9.17) is 4.42 Å². The van der Waals surface area contributed by atoms with Crippen molar-refractivity contribution in [3.8, 4) is 50.2 Å². The summed E-state index contributed by atoms with van der Waals surface area (Å²) in [4.78, 5) is 2.38. The van der Waals surface area contributed by atoms with Gasteiger partial charge >= 0.3 is 0 Å². The van der Waals surface area contributed by atoms with Gasteiger partial charge < -0.3 is 13.9 Å². The van der Waals surface area contributed by atoms with E-state index in [1.807, 2.05) is 12.1 Å². The van der Waals surface area contributed by atoms with Crippen LogP contribution in [0.2, 0.25) is 0 Å². The molecule has 3 heteroatoms. The van der Waals surface area contributed by atoms with Crippen LogP contribution in [0, 0.1) is 0 Å². The summed E-state index contributed by atoms with van der Waals surface area (Å²) in [5.41, 5.74) is 17.9. The van der Waals surface area contributed by atoms with Crippen LogP contribution in [0.15, 0.2) is 247 Å². The first kappa shape index (κ1) is 36.5. The second kappa shape index (κ2) is 15.3. The molecule has 0 spiro atoms. The van der Waals surface area contributed by atoms with Crippen LogP contribution in [0.25, 0.3) is 93.9 Å². The standard InChI is InChI=1S/C60H40N2O/c1-2-14-44(15-3-1)49-16-4-9-21-55(49)61(47-35-30-42(31-36-47)41-26-28-43(29-27-41)46-34-39-54-53-20-8-13-25-59(53)63-60(54)40-46)48-37-32-45(33-38-48)50-17-5-10-22-56(50)62-57-23-11-6-18-51(57)52-19-7-12-24-58(52)62/h1-40H. The maximum absolute atomic E-state index is 6.20. The largest absolute Gasteiger partial charge is 0.456 e. The van der Waals surface area contributed by atoms with Crippen LogP contribution in [-0.4, -0.2) is 4.57 Å². The molecule has 12 aromatic rings. The molecule has 3 nitrogen and oxygen atoms in total. The molecule has 0 fully saturated rings. The fourth-order valence-corrected chi connectivity index (χ4v) is 9.41. The Kier molecular flexibility index (Phi) is 8.83. The monoisotopic (exact) mass is 804 g/mol. The quantitative estimate of drug-likeness (QED) is 0.153. The number of furan rings is 1. The van der Waals surface area contributed by atoms with E-state index in [1.165, 1.54) is 38.5 Å². The van der Waals surface area contributed by atoms with Gasteiger partial charge in [-0.3, -0.25) is 0 Å². The Labute approximate surface area is 366 Å². The molecule has 10 aromatic carbocycles. The molecule has 12 rings (SSSR count). The van der Waals surface area contributed by atoms with Crippen LogP contribution in [0.1, 0.15) is 0 Å². The van der Waals surface area contributed by atoms with Crippen LogP contribution in [0.3, 0.4) is 0 Å². The number of anilines is 3. The van der Waals surface area contributed by atoms with E-state index in [0.717, 1.165) is 72.5 Å². The van der Waals surface area contributed by atoms with E-state index < -0.39 is 0 Å². The number of aromatic nitrogens is 1. The molecule has 0 atom stereocenters. The van der Waals surface area contributed by atoms with Crippen molar-refractivity contribution in [2.75, 3.05) is 4.90 Å². The number of hydrogen-bond acceptors (Lipinski definition) is 2. The highest BCUT2D eigenvalue weighted by molar-refractivity contribution is 6.10. The van der Waals surface area contributed by atoms with E-state index >= 15 is 0 Å². The van der Waals surface area contributed by atoms with E-state index in [2.05, 4.69) is 240 Å². The SMILES string of the molecule is c1ccc(-c2ccccc2N(c2ccc(-c3ccc(-c4ccc5c(c4)oc4ccccc45)cc3)cc2)c2ccc(-c3ccccc3-n3c4ccccc4c4ccccc43)cc2)cc1. The first-order chi connectivity index (χ1) is 31.2. The minimum absolute atomic E-state index is 0.908. The summed E-state index contributed by atoms with van der Waals surface area (Å²) in [7, 11) is 0. The van der Waals surface area contributed by atoms with Crippen molar-refractivity contribution < 1.29 is 4.42 Å². The predicted octanol–water partition coefficient (Wildman–Crippen LogP) is 16.8. The molecule has 0 radical (unpaired) electrons. The zero-order chi connectivity index (χ0) is 41.7. The molecule has 0 unspecified atom stereocenters. The van der Waals surface area contributed by atoms with Gasteiger partial charge in [0, 0.05) is 44.0 Å². The third kappa shape index (κ3) is 6.38. The zero-order valence-electron chi connectivity index (χ0n) is 34.4. The van der Waals surface area contributed by atoms with Gasteiger partial charge in [-0.05, 0) is 100 Å². The van der Waals surface area contributed by atoms with Gasteiger partial charge in [-0.2, -0.15) is 0 Å². The number of nitrogens with zero attached hydrogens (tertiary/aromatic N) is 2. The van der Waals surface area contributed by atoms with E-state index in [-0.39, 0.29) is 0 Å². The van der Waals surface area contributed by atoms with Gasteiger partial charge in [-0.1, -0.05) is 176 Å². The fourth-order valence-electron chi connectivity index (χ4n) is 9.41. The smallest absolute Gasteiger partial charge is 0.136 e. The van der Waals surface area contributed by atoms with Gasteiger partial charge in [0.2, 0.25) is 0 Å². The molecular weight excluding hydrogens is 765 g/mol. The van der Waals surface area contributed by atoms with Gasteiger partial charge in [0.25, 0.3) is 0 Å². The minimum Gasteiger partial charge on any atom is -0.456 e. The molecule has 0 amide bonds. The van der Waals surface area contributed by atoms with Gasteiger partial charge in [-0.25, -0.2) is 0 Å². The second-order valence-corrected chi connectivity index (χ2v) is 16.1. The van der Waals surface area contributed by atoms with Crippen molar-refractivity contribution in [3.05, 3.63) is 243 Å². The maximum Gasteiger partial charge on any atom is 0.136 e. The summed E-state index contributed by atoms with van der Waals surface area (Å²) in [5.74, 6) is 0. The van der Waals surface area contributed by atoms with E-state index in [0.29, 0.717) is 0 Å². The lowest BCUT2D eigenvalue weighted by molar-refractivity contribution is 0.669. The lowest BCUT2D eigenvalue weighted by atomic mass is 9.98. The molecule has 0 N–H and O–H groups in total. The molecule has 63 heavy (non-hydrogen) atoms. The van der Waals surface area contributed by atoms with E-state index in [1.54, 1.807) is 0 Å². The third-order valence-corrected chi connectivity index (χ3v) is 12.4. The van der Waals surface area contributed by atoms with Crippen molar-refractivity contribution in [3.63, 3.8) is 0 Å². The highest BCUT2D eigenvalue weighted by Gasteiger charge is 2.19. The van der Waals surface area contributed by atoms with Gasteiger partial charge in [0.15, 0.2) is 0 Å². The maximum atomic E-state index is 6.20. The summed E-state index contributed by atoms with van der Waals surface area (Å²) in [5, 5.41) is 4.80.